The zero-order valence-corrected chi connectivity index (χ0v) is 7.48. The lowest BCUT2D eigenvalue weighted by atomic mass is 10.5. The molecule has 0 spiro atoms. The molecule has 0 aliphatic rings. The number of hydrogen-bond donors (Lipinski definition) is 1. The molecule has 0 unspecified atom stereocenters. The molecule has 1 amide bonds. The second-order valence-corrected chi connectivity index (χ2v) is 2.15. The van der Waals surface area contributed by atoms with Crippen molar-refractivity contribution in [2.75, 3.05) is 12.5 Å². The highest BCUT2D eigenvalue weighted by Gasteiger charge is 2.09. The molecule has 0 fully saturated rings. The fourth-order valence-electron chi connectivity index (χ4n) is 0.471. The molecule has 0 aliphatic heterocycles. The Hall–Kier alpha value is -1.03. The van der Waals surface area contributed by atoms with Gasteiger partial charge in [0.05, 0.1) is 6.61 Å². The van der Waals surface area contributed by atoms with Crippen LogP contribution in [0.4, 0.5) is 0 Å². The van der Waals surface area contributed by atoms with E-state index in [0.29, 0.717) is 0 Å². The smallest absolute Gasteiger partial charge is 0.354 e. The number of amides is 1. The summed E-state index contributed by atoms with van der Waals surface area (Å²) in [6.45, 7) is 5.20. The topological polar surface area (TPSA) is 55.4 Å². The zero-order valence-electron chi connectivity index (χ0n) is 6.72. The monoisotopic (exact) mass is 191 g/mol. The fraction of sp³-hybridized carbons (Fsp3) is 0.429. The Balaban J connectivity index is 3.87. The van der Waals surface area contributed by atoms with E-state index in [2.05, 4.69) is 16.6 Å². The first-order valence-corrected chi connectivity index (χ1v) is 3.87. The molecule has 68 valence electrons. The summed E-state index contributed by atoms with van der Waals surface area (Å²) >= 11 is 5.17. The minimum absolute atomic E-state index is 0.0949. The maximum atomic E-state index is 10.8. The van der Waals surface area contributed by atoms with Crippen molar-refractivity contribution in [2.24, 2.45) is 0 Å². The zero-order chi connectivity index (χ0) is 9.56. The predicted octanol–water partition coefficient (Wildman–Crippen LogP) is 0.418. The summed E-state index contributed by atoms with van der Waals surface area (Å²) in [5, 5.41) is 2.17. The Morgan fingerprint density at radius 2 is 2.17 bits per heavy atom. The second kappa shape index (κ2) is 5.60. The molecule has 1 N–H and O–H groups in total. The van der Waals surface area contributed by atoms with Crippen molar-refractivity contribution in [3.8, 4) is 0 Å². The first-order chi connectivity index (χ1) is 5.61. The van der Waals surface area contributed by atoms with Gasteiger partial charge in [0.2, 0.25) is 5.91 Å². The Bertz CT molecular complexity index is 203. The second-order valence-electron chi connectivity index (χ2n) is 1.88. The van der Waals surface area contributed by atoms with Gasteiger partial charge in [0.15, 0.2) is 0 Å². The molecule has 0 rings (SSSR count). The van der Waals surface area contributed by atoms with E-state index in [4.69, 9.17) is 11.6 Å². The third kappa shape index (κ3) is 3.98. The number of halogens is 1. The first-order valence-electron chi connectivity index (χ1n) is 3.33. The highest BCUT2D eigenvalue weighted by atomic mass is 35.5. The van der Waals surface area contributed by atoms with Gasteiger partial charge in [-0.3, -0.25) is 4.79 Å². The normalized spacial score (nSPS) is 8.83. The third-order valence-corrected chi connectivity index (χ3v) is 1.18. The van der Waals surface area contributed by atoms with Gasteiger partial charge in [-0.25, -0.2) is 4.79 Å². The standard InChI is InChI=1S/C7H10ClNO3/c1-3-12-7(11)5(2)9-6(10)4-8/h2-4H2,1H3,(H,9,10). The number of rotatable bonds is 4. The molecule has 0 atom stereocenters. The Morgan fingerprint density at radius 3 is 2.58 bits per heavy atom. The van der Waals surface area contributed by atoms with Crippen LogP contribution in [0.15, 0.2) is 12.3 Å². The molecule has 0 bridgehead atoms. The van der Waals surface area contributed by atoms with Gasteiger partial charge in [-0.15, -0.1) is 11.6 Å². The molecule has 4 nitrogen and oxygen atoms in total. The quantitative estimate of drug-likeness (QED) is 0.398. The molecular weight excluding hydrogens is 182 g/mol. The number of esters is 1. The molecule has 0 radical (unpaired) electrons. The van der Waals surface area contributed by atoms with Gasteiger partial charge in [-0.05, 0) is 6.92 Å². The summed E-state index contributed by atoms with van der Waals surface area (Å²) in [4.78, 5) is 21.4. The summed E-state index contributed by atoms with van der Waals surface area (Å²) in [5.74, 6) is -1.33. The average molecular weight is 192 g/mol. The van der Waals surface area contributed by atoms with Crippen LogP contribution < -0.4 is 5.32 Å². The molecule has 12 heavy (non-hydrogen) atoms. The van der Waals surface area contributed by atoms with Crippen molar-refractivity contribution < 1.29 is 14.3 Å². The summed E-state index contributed by atoms with van der Waals surface area (Å²) < 4.78 is 4.55. The molecule has 0 aliphatic carbocycles. The van der Waals surface area contributed by atoms with Crippen LogP contribution in [0, 0.1) is 0 Å². The van der Waals surface area contributed by atoms with E-state index in [9.17, 15) is 9.59 Å². The SMILES string of the molecule is C=C(NC(=O)CCl)C(=O)OCC. The molecule has 0 aromatic rings. The lowest BCUT2D eigenvalue weighted by molar-refractivity contribution is -0.139. The number of hydrogen-bond acceptors (Lipinski definition) is 3. The molecule has 0 saturated carbocycles. The number of carbonyl (C=O) groups excluding carboxylic acids is 2. The van der Waals surface area contributed by atoms with E-state index in [1.807, 2.05) is 0 Å². The van der Waals surface area contributed by atoms with Gasteiger partial charge in [0.25, 0.3) is 0 Å². The highest BCUT2D eigenvalue weighted by molar-refractivity contribution is 6.27. The van der Waals surface area contributed by atoms with E-state index in [1.54, 1.807) is 6.92 Å². The van der Waals surface area contributed by atoms with Gasteiger partial charge in [-0.1, -0.05) is 6.58 Å². The van der Waals surface area contributed by atoms with Gasteiger partial charge in [0.1, 0.15) is 11.6 Å². The van der Waals surface area contributed by atoms with Crippen molar-refractivity contribution in [1.82, 2.24) is 5.32 Å². The summed E-state index contributed by atoms with van der Waals surface area (Å²) in [6, 6.07) is 0. The number of nitrogens with one attached hydrogen (secondary N) is 1. The molecule has 0 saturated heterocycles. The summed E-state index contributed by atoms with van der Waals surface area (Å²) in [7, 11) is 0. The van der Waals surface area contributed by atoms with Crippen LogP contribution in [0.3, 0.4) is 0 Å². The number of alkyl halides is 1. The molecule has 0 heterocycles. The van der Waals surface area contributed by atoms with Gasteiger partial charge in [0, 0.05) is 0 Å². The van der Waals surface area contributed by atoms with Crippen LogP contribution in [0.5, 0.6) is 0 Å². The van der Waals surface area contributed by atoms with Gasteiger partial charge >= 0.3 is 5.97 Å². The third-order valence-electron chi connectivity index (χ3n) is 0.934. The van der Waals surface area contributed by atoms with E-state index in [1.165, 1.54) is 0 Å². The molecule has 5 heteroatoms. The minimum Gasteiger partial charge on any atom is -0.461 e. The van der Waals surface area contributed by atoms with Crippen LogP contribution in [-0.2, 0) is 14.3 Å². The van der Waals surface area contributed by atoms with Crippen molar-refractivity contribution >= 4 is 23.5 Å². The maximum Gasteiger partial charge on any atom is 0.354 e. The summed E-state index contributed by atoms with van der Waals surface area (Å²) in [6.07, 6.45) is 0. The number of carbonyl (C=O) groups is 2. The average Bonchev–Trinajstić information content (AvgIpc) is 2.04. The lowest BCUT2D eigenvalue weighted by Gasteiger charge is -2.04. The fourth-order valence-corrected chi connectivity index (χ4v) is 0.538. The predicted molar refractivity (Wildman–Crippen MR) is 44.6 cm³/mol. The van der Waals surface area contributed by atoms with Crippen LogP contribution in [0.2, 0.25) is 0 Å². The van der Waals surface area contributed by atoms with E-state index < -0.39 is 11.9 Å². The maximum absolute atomic E-state index is 10.8. The van der Waals surface area contributed by atoms with E-state index >= 15 is 0 Å². The van der Waals surface area contributed by atoms with Gasteiger partial charge < -0.3 is 10.1 Å². The Kier molecular flexibility index (Phi) is 5.12. The number of ether oxygens (including phenoxy) is 1. The van der Waals surface area contributed by atoms with E-state index in [0.717, 1.165) is 0 Å². The van der Waals surface area contributed by atoms with Crippen molar-refractivity contribution in [3.05, 3.63) is 12.3 Å². The largest absolute Gasteiger partial charge is 0.461 e. The lowest BCUT2D eigenvalue weighted by Crippen LogP contribution is -2.28. The highest BCUT2D eigenvalue weighted by Crippen LogP contribution is 1.90. The Labute approximate surface area is 75.5 Å². The molecule has 0 aromatic heterocycles. The van der Waals surface area contributed by atoms with E-state index in [-0.39, 0.29) is 18.2 Å². The van der Waals surface area contributed by atoms with Crippen molar-refractivity contribution in [1.29, 1.82) is 0 Å². The first kappa shape index (κ1) is 11.0. The minimum atomic E-state index is -0.643. The summed E-state index contributed by atoms with van der Waals surface area (Å²) in [5.41, 5.74) is -0.0949. The van der Waals surface area contributed by atoms with Crippen LogP contribution >= 0.6 is 11.6 Å². The van der Waals surface area contributed by atoms with Crippen molar-refractivity contribution in [3.63, 3.8) is 0 Å². The van der Waals surface area contributed by atoms with Crippen LogP contribution in [0.1, 0.15) is 6.92 Å². The Morgan fingerprint density at radius 1 is 1.58 bits per heavy atom. The molecule has 0 aromatic carbocycles. The van der Waals surface area contributed by atoms with Gasteiger partial charge in [-0.2, -0.15) is 0 Å². The van der Waals surface area contributed by atoms with Crippen molar-refractivity contribution in [2.45, 2.75) is 6.92 Å². The molecular formula is C7H10ClNO3. The van der Waals surface area contributed by atoms with Crippen LogP contribution in [0.25, 0.3) is 0 Å². The van der Waals surface area contributed by atoms with Crippen LogP contribution in [-0.4, -0.2) is 24.4 Å².